The SMILES string of the molecule is C[C@@H](OC(=O)c1ccc2c(c1[N+](=O)[O-])C(=O)c1ccccc1C2=O)C(=O)N(C)c1ccccc1. The Balaban J connectivity index is 1.68. The number of nitrogens with zero attached hydrogens (tertiary/aromatic N) is 2. The third-order valence-electron chi connectivity index (χ3n) is 5.57. The summed E-state index contributed by atoms with van der Waals surface area (Å²) in [4.78, 5) is 63.8. The average molecular weight is 458 g/mol. The molecule has 9 heteroatoms. The molecule has 3 aromatic carbocycles. The number of hydrogen-bond acceptors (Lipinski definition) is 7. The van der Waals surface area contributed by atoms with Gasteiger partial charge in [0.25, 0.3) is 11.6 Å². The number of carbonyl (C=O) groups is 4. The van der Waals surface area contributed by atoms with Crippen LogP contribution in [0.25, 0.3) is 0 Å². The molecule has 1 amide bonds. The van der Waals surface area contributed by atoms with E-state index in [0.29, 0.717) is 5.69 Å². The Hall–Kier alpha value is -4.66. The van der Waals surface area contributed by atoms with E-state index in [-0.39, 0.29) is 16.7 Å². The zero-order valence-corrected chi connectivity index (χ0v) is 18.2. The Labute approximate surface area is 193 Å². The summed E-state index contributed by atoms with van der Waals surface area (Å²) in [5.41, 5.74) is -1.27. The number of ketones is 2. The molecule has 1 atom stereocenters. The van der Waals surface area contributed by atoms with E-state index in [4.69, 9.17) is 4.74 Å². The van der Waals surface area contributed by atoms with Crippen LogP contribution >= 0.6 is 0 Å². The molecular formula is C25H18N2O7. The molecule has 0 aliphatic heterocycles. The van der Waals surface area contributed by atoms with Gasteiger partial charge in [-0.1, -0.05) is 42.5 Å². The fourth-order valence-corrected chi connectivity index (χ4v) is 3.85. The van der Waals surface area contributed by atoms with Gasteiger partial charge in [-0.25, -0.2) is 4.79 Å². The second-order valence-electron chi connectivity index (χ2n) is 7.63. The molecule has 0 aromatic heterocycles. The van der Waals surface area contributed by atoms with Crippen molar-refractivity contribution in [3.8, 4) is 0 Å². The molecule has 1 aliphatic carbocycles. The summed E-state index contributed by atoms with van der Waals surface area (Å²) in [5.74, 6) is -3.00. The van der Waals surface area contributed by atoms with Crippen molar-refractivity contribution in [2.24, 2.45) is 0 Å². The first kappa shape index (κ1) is 22.5. The Morgan fingerprint density at radius 3 is 2.09 bits per heavy atom. The van der Waals surface area contributed by atoms with Crippen LogP contribution in [0, 0.1) is 10.1 Å². The lowest BCUT2D eigenvalue weighted by Gasteiger charge is -2.22. The van der Waals surface area contributed by atoms with Gasteiger partial charge in [-0.2, -0.15) is 0 Å². The number of nitro groups is 1. The molecule has 0 saturated heterocycles. The molecule has 3 aromatic rings. The summed E-state index contributed by atoms with van der Waals surface area (Å²) >= 11 is 0. The van der Waals surface area contributed by atoms with Gasteiger partial charge in [0.05, 0.1) is 4.92 Å². The van der Waals surface area contributed by atoms with Gasteiger partial charge in [0.2, 0.25) is 5.78 Å². The monoisotopic (exact) mass is 458 g/mol. The fourth-order valence-electron chi connectivity index (χ4n) is 3.85. The van der Waals surface area contributed by atoms with Crippen LogP contribution in [-0.2, 0) is 9.53 Å². The third-order valence-corrected chi connectivity index (χ3v) is 5.57. The second kappa shape index (κ2) is 8.70. The lowest BCUT2D eigenvalue weighted by atomic mass is 9.82. The second-order valence-corrected chi connectivity index (χ2v) is 7.63. The molecule has 0 radical (unpaired) electrons. The minimum atomic E-state index is -1.27. The van der Waals surface area contributed by atoms with E-state index < -0.39 is 51.3 Å². The van der Waals surface area contributed by atoms with Crippen LogP contribution in [0.1, 0.15) is 49.1 Å². The Kier molecular flexibility index (Phi) is 5.77. The zero-order valence-electron chi connectivity index (χ0n) is 18.2. The first-order valence-electron chi connectivity index (χ1n) is 10.3. The van der Waals surface area contributed by atoms with Crippen molar-refractivity contribution in [2.45, 2.75) is 13.0 Å². The normalized spacial score (nSPS) is 12.9. The topological polar surface area (TPSA) is 124 Å². The Bertz CT molecular complexity index is 1360. The van der Waals surface area contributed by atoms with Gasteiger partial charge < -0.3 is 9.64 Å². The van der Waals surface area contributed by atoms with Gasteiger partial charge >= 0.3 is 5.97 Å². The van der Waals surface area contributed by atoms with Crippen LogP contribution < -0.4 is 4.90 Å². The number of fused-ring (bicyclic) bond motifs is 2. The molecular weight excluding hydrogens is 440 g/mol. The highest BCUT2D eigenvalue weighted by molar-refractivity contribution is 6.30. The van der Waals surface area contributed by atoms with Crippen LogP contribution in [0.5, 0.6) is 0 Å². The first-order valence-corrected chi connectivity index (χ1v) is 10.3. The predicted octanol–water partition coefficient (Wildman–Crippen LogP) is 3.58. The Morgan fingerprint density at radius 1 is 0.882 bits per heavy atom. The van der Waals surface area contributed by atoms with E-state index >= 15 is 0 Å². The number of esters is 1. The van der Waals surface area contributed by atoms with Gasteiger partial charge in [-0.15, -0.1) is 0 Å². The Morgan fingerprint density at radius 2 is 1.47 bits per heavy atom. The molecule has 0 heterocycles. The van der Waals surface area contributed by atoms with Crippen LogP contribution in [0.15, 0.2) is 66.7 Å². The molecule has 0 N–H and O–H groups in total. The minimum absolute atomic E-state index is 0.0154. The quantitative estimate of drug-likeness (QED) is 0.254. The number of nitro benzene ring substituents is 1. The lowest BCUT2D eigenvalue weighted by Crippen LogP contribution is -2.37. The maximum Gasteiger partial charge on any atom is 0.345 e. The highest BCUT2D eigenvalue weighted by Crippen LogP contribution is 2.36. The summed E-state index contributed by atoms with van der Waals surface area (Å²) in [7, 11) is 1.51. The largest absolute Gasteiger partial charge is 0.449 e. The molecule has 170 valence electrons. The number of amides is 1. The molecule has 34 heavy (non-hydrogen) atoms. The van der Waals surface area contributed by atoms with Gasteiger partial charge in [0.15, 0.2) is 11.9 Å². The third kappa shape index (κ3) is 3.73. The van der Waals surface area contributed by atoms with Crippen LogP contribution in [-0.4, -0.2) is 41.5 Å². The highest BCUT2D eigenvalue weighted by Gasteiger charge is 2.39. The molecule has 1 aliphatic rings. The predicted molar refractivity (Wildman–Crippen MR) is 121 cm³/mol. The zero-order chi connectivity index (χ0) is 24.6. The minimum Gasteiger partial charge on any atom is -0.449 e. The van der Waals surface area contributed by atoms with Crippen LogP contribution in [0.3, 0.4) is 0 Å². The van der Waals surface area contributed by atoms with E-state index in [9.17, 15) is 29.3 Å². The number of anilines is 1. The summed E-state index contributed by atoms with van der Waals surface area (Å²) in [6.07, 6.45) is -1.27. The number of ether oxygens (including phenoxy) is 1. The highest BCUT2D eigenvalue weighted by atomic mass is 16.6. The van der Waals surface area contributed by atoms with E-state index in [2.05, 4.69) is 0 Å². The number of para-hydroxylation sites is 1. The molecule has 0 spiro atoms. The van der Waals surface area contributed by atoms with Crippen molar-refractivity contribution in [3.63, 3.8) is 0 Å². The lowest BCUT2D eigenvalue weighted by molar-refractivity contribution is -0.385. The van der Waals surface area contributed by atoms with Crippen molar-refractivity contribution in [2.75, 3.05) is 11.9 Å². The van der Waals surface area contributed by atoms with E-state index in [0.717, 1.165) is 6.07 Å². The molecule has 0 unspecified atom stereocenters. The van der Waals surface area contributed by atoms with Crippen molar-refractivity contribution in [3.05, 3.63) is 105 Å². The number of carbonyl (C=O) groups excluding carboxylic acids is 4. The van der Waals surface area contributed by atoms with E-state index in [1.54, 1.807) is 36.4 Å². The smallest absolute Gasteiger partial charge is 0.345 e. The summed E-state index contributed by atoms with van der Waals surface area (Å²) in [6.45, 7) is 1.34. The van der Waals surface area contributed by atoms with Crippen molar-refractivity contribution in [1.29, 1.82) is 0 Å². The number of rotatable bonds is 5. The van der Waals surface area contributed by atoms with E-state index in [1.165, 1.54) is 43.1 Å². The van der Waals surface area contributed by atoms with Gasteiger partial charge in [-0.3, -0.25) is 24.5 Å². The fraction of sp³-hybridized carbons (Fsp3) is 0.120. The van der Waals surface area contributed by atoms with Crippen molar-refractivity contribution in [1.82, 2.24) is 0 Å². The van der Waals surface area contributed by atoms with Gasteiger partial charge in [0.1, 0.15) is 11.1 Å². The standard InChI is InChI=1S/C25H18N2O7/c1-14(24(30)26(2)15-8-4-3-5-9-15)34-25(31)19-13-12-18-20(21(19)27(32)33)23(29)17-11-7-6-10-16(17)22(18)28/h3-14H,1-2H3/t14-/m1/s1. The molecule has 0 saturated carbocycles. The number of likely N-dealkylation sites (N-methyl/N-ethyl adjacent to an activating group) is 1. The first-order chi connectivity index (χ1) is 16.2. The van der Waals surface area contributed by atoms with Gasteiger partial charge in [0, 0.05) is 29.4 Å². The molecule has 0 fully saturated rings. The molecule has 4 rings (SSSR count). The number of hydrogen-bond donors (Lipinski definition) is 0. The number of benzene rings is 3. The maximum atomic E-state index is 13.1. The molecule has 0 bridgehead atoms. The van der Waals surface area contributed by atoms with Crippen molar-refractivity contribution >= 4 is 34.8 Å². The maximum absolute atomic E-state index is 13.1. The summed E-state index contributed by atoms with van der Waals surface area (Å²) in [6, 6.07) is 16.9. The van der Waals surface area contributed by atoms with E-state index in [1.807, 2.05) is 0 Å². The van der Waals surface area contributed by atoms with Crippen molar-refractivity contribution < 1.29 is 28.8 Å². The molecule has 9 nitrogen and oxygen atoms in total. The summed E-state index contributed by atoms with van der Waals surface area (Å²) in [5, 5.41) is 11.9. The van der Waals surface area contributed by atoms with Crippen LogP contribution in [0.4, 0.5) is 11.4 Å². The summed E-state index contributed by atoms with van der Waals surface area (Å²) < 4.78 is 5.22. The van der Waals surface area contributed by atoms with Crippen LogP contribution in [0.2, 0.25) is 0 Å². The average Bonchev–Trinajstić information content (AvgIpc) is 2.85. The van der Waals surface area contributed by atoms with Gasteiger partial charge in [-0.05, 0) is 31.2 Å².